The Morgan fingerprint density at radius 3 is 2.83 bits per heavy atom. The molecule has 2 aliphatic rings. The number of likely N-dealkylation sites (tertiary alicyclic amines) is 1. The predicted octanol–water partition coefficient (Wildman–Crippen LogP) is 4.65. The average Bonchev–Trinajstić information content (AvgIpc) is 3.52. The molecule has 2 aromatic carbocycles. The molecular weight excluding hydrogens is 465 g/mol. The zero-order valence-corrected chi connectivity index (χ0v) is 20.4. The summed E-state index contributed by atoms with van der Waals surface area (Å²) in [6.45, 7) is 3.00. The van der Waals surface area contributed by atoms with E-state index < -0.39 is 0 Å². The third kappa shape index (κ3) is 5.95. The van der Waals surface area contributed by atoms with Crippen LogP contribution in [0.1, 0.15) is 35.3 Å². The van der Waals surface area contributed by atoms with Gasteiger partial charge in [0.2, 0.25) is 5.91 Å². The number of nitrogens with zero attached hydrogens (tertiary/aromatic N) is 2. The standard InChI is InChI=1S/C27H30FN3O3S/c28-23-10-5-4-9-21(23)15-22-16-29-26(35-22)30-25(32)18-31-13-12-27(11-6-14-34-27)24(17-31)33-19-20-7-2-1-3-8-20/h1-5,7-10,16,24H,6,11-15,17-19H2,(H,29,30,32). The Morgan fingerprint density at radius 2 is 2.03 bits per heavy atom. The molecule has 3 heterocycles. The molecule has 5 rings (SSSR count). The van der Waals surface area contributed by atoms with E-state index in [9.17, 15) is 9.18 Å². The van der Waals surface area contributed by atoms with Crippen LogP contribution in [0, 0.1) is 5.82 Å². The van der Waals surface area contributed by atoms with Crippen molar-refractivity contribution in [1.29, 1.82) is 0 Å². The van der Waals surface area contributed by atoms with E-state index in [2.05, 4.69) is 27.3 Å². The summed E-state index contributed by atoms with van der Waals surface area (Å²) in [5.74, 6) is -0.341. The first-order chi connectivity index (χ1) is 17.1. The van der Waals surface area contributed by atoms with Gasteiger partial charge in [0.1, 0.15) is 5.82 Å². The number of ether oxygens (including phenoxy) is 2. The summed E-state index contributed by atoms with van der Waals surface area (Å²) in [6.07, 6.45) is 4.96. The third-order valence-corrected chi connectivity index (χ3v) is 7.69. The van der Waals surface area contributed by atoms with Crippen molar-refractivity contribution in [2.24, 2.45) is 0 Å². The summed E-state index contributed by atoms with van der Waals surface area (Å²) in [7, 11) is 0. The van der Waals surface area contributed by atoms with E-state index in [0.717, 1.165) is 42.9 Å². The van der Waals surface area contributed by atoms with Gasteiger partial charge in [-0.05, 0) is 36.5 Å². The second-order valence-electron chi connectivity index (χ2n) is 9.24. The van der Waals surface area contributed by atoms with E-state index in [1.807, 2.05) is 24.3 Å². The van der Waals surface area contributed by atoms with E-state index in [1.54, 1.807) is 18.3 Å². The highest BCUT2D eigenvalue weighted by molar-refractivity contribution is 7.15. The Bertz CT molecular complexity index is 1130. The van der Waals surface area contributed by atoms with Crippen LogP contribution in [0.25, 0.3) is 0 Å². The van der Waals surface area contributed by atoms with Crippen LogP contribution >= 0.6 is 11.3 Å². The lowest BCUT2D eigenvalue weighted by atomic mass is 9.85. The van der Waals surface area contributed by atoms with Crippen LogP contribution in [-0.4, -0.2) is 53.7 Å². The molecule has 184 valence electrons. The van der Waals surface area contributed by atoms with Gasteiger partial charge in [0.25, 0.3) is 0 Å². The maximum Gasteiger partial charge on any atom is 0.240 e. The van der Waals surface area contributed by atoms with Gasteiger partial charge < -0.3 is 14.8 Å². The lowest BCUT2D eigenvalue weighted by molar-refractivity contribution is -0.159. The number of aromatic nitrogens is 1. The van der Waals surface area contributed by atoms with E-state index in [4.69, 9.17) is 9.47 Å². The SMILES string of the molecule is O=C(CN1CCC2(CCCO2)C(OCc2ccccc2)C1)Nc1ncc(Cc2ccccc2F)s1. The largest absolute Gasteiger partial charge is 0.372 e. The number of thiazole rings is 1. The highest BCUT2D eigenvalue weighted by atomic mass is 32.1. The molecule has 1 N–H and O–H groups in total. The molecular formula is C27H30FN3O3S. The molecule has 0 bridgehead atoms. The van der Waals surface area contributed by atoms with Crippen LogP contribution < -0.4 is 5.32 Å². The van der Waals surface area contributed by atoms with Gasteiger partial charge in [-0.2, -0.15) is 0 Å². The van der Waals surface area contributed by atoms with Gasteiger partial charge in [-0.1, -0.05) is 48.5 Å². The maximum absolute atomic E-state index is 13.9. The lowest BCUT2D eigenvalue weighted by Gasteiger charge is -2.44. The average molecular weight is 496 g/mol. The molecule has 2 saturated heterocycles. The second-order valence-corrected chi connectivity index (χ2v) is 10.4. The predicted molar refractivity (Wildman–Crippen MR) is 134 cm³/mol. The monoisotopic (exact) mass is 495 g/mol. The molecule has 1 aromatic heterocycles. The third-order valence-electron chi connectivity index (χ3n) is 6.78. The minimum Gasteiger partial charge on any atom is -0.372 e. The van der Waals surface area contributed by atoms with Gasteiger partial charge in [-0.15, -0.1) is 11.3 Å². The topological polar surface area (TPSA) is 63.7 Å². The first-order valence-electron chi connectivity index (χ1n) is 12.1. The highest BCUT2D eigenvalue weighted by Gasteiger charge is 2.47. The van der Waals surface area contributed by atoms with Crippen LogP contribution in [-0.2, 0) is 27.3 Å². The fraction of sp³-hybridized carbons (Fsp3) is 0.407. The van der Waals surface area contributed by atoms with Crippen molar-refractivity contribution in [3.63, 3.8) is 0 Å². The van der Waals surface area contributed by atoms with E-state index in [1.165, 1.54) is 17.4 Å². The molecule has 6 nitrogen and oxygen atoms in total. The number of piperidine rings is 1. The van der Waals surface area contributed by atoms with Gasteiger partial charge in [0, 0.05) is 37.2 Å². The maximum atomic E-state index is 13.9. The summed E-state index contributed by atoms with van der Waals surface area (Å²) in [5.41, 5.74) is 1.50. The van der Waals surface area contributed by atoms with Crippen LogP contribution in [0.3, 0.4) is 0 Å². The van der Waals surface area contributed by atoms with Gasteiger partial charge in [-0.3, -0.25) is 9.69 Å². The summed E-state index contributed by atoms with van der Waals surface area (Å²) in [4.78, 5) is 20.1. The first-order valence-corrected chi connectivity index (χ1v) is 12.9. The minimum absolute atomic E-state index is 0.0843. The molecule has 0 aliphatic carbocycles. The number of benzene rings is 2. The molecule has 2 atom stereocenters. The van der Waals surface area contributed by atoms with Crippen molar-refractivity contribution in [2.45, 2.75) is 44.0 Å². The van der Waals surface area contributed by atoms with E-state index in [0.29, 0.717) is 30.3 Å². The number of anilines is 1. The molecule has 35 heavy (non-hydrogen) atoms. The quantitative estimate of drug-likeness (QED) is 0.493. The summed E-state index contributed by atoms with van der Waals surface area (Å²) < 4.78 is 26.5. The first kappa shape index (κ1) is 24.1. The van der Waals surface area contributed by atoms with Crippen molar-refractivity contribution in [3.05, 3.63) is 82.6 Å². The molecule has 1 amide bonds. The number of hydrogen-bond acceptors (Lipinski definition) is 6. The lowest BCUT2D eigenvalue weighted by Crippen LogP contribution is -2.57. The fourth-order valence-corrected chi connectivity index (χ4v) is 5.78. The molecule has 2 aliphatic heterocycles. The van der Waals surface area contributed by atoms with Crippen molar-refractivity contribution in [2.75, 3.05) is 31.6 Å². The zero-order valence-electron chi connectivity index (χ0n) is 19.6. The van der Waals surface area contributed by atoms with Crippen LogP contribution in [0.4, 0.5) is 9.52 Å². The van der Waals surface area contributed by atoms with Crippen molar-refractivity contribution >= 4 is 22.4 Å². The molecule has 3 aromatic rings. The van der Waals surface area contributed by atoms with Gasteiger partial charge >= 0.3 is 0 Å². The summed E-state index contributed by atoms with van der Waals surface area (Å²) in [6, 6.07) is 16.9. The Morgan fingerprint density at radius 1 is 1.20 bits per heavy atom. The number of rotatable bonds is 8. The molecule has 2 fully saturated rings. The molecule has 2 unspecified atom stereocenters. The number of carbonyl (C=O) groups is 1. The Kier molecular flexibility index (Phi) is 7.53. The second kappa shape index (κ2) is 11.0. The van der Waals surface area contributed by atoms with Crippen LogP contribution in [0.5, 0.6) is 0 Å². The Labute approximate surface area is 209 Å². The molecule has 0 saturated carbocycles. The Balaban J connectivity index is 1.16. The number of hydrogen-bond donors (Lipinski definition) is 1. The number of amides is 1. The van der Waals surface area contributed by atoms with Crippen molar-refractivity contribution < 1.29 is 18.7 Å². The molecule has 0 radical (unpaired) electrons. The van der Waals surface area contributed by atoms with Crippen molar-refractivity contribution in [3.8, 4) is 0 Å². The van der Waals surface area contributed by atoms with Crippen LogP contribution in [0.2, 0.25) is 0 Å². The number of carbonyl (C=O) groups excluding carboxylic acids is 1. The molecule has 1 spiro atoms. The summed E-state index contributed by atoms with van der Waals surface area (Å²) >= 11 is 1.38. The smallest absolute Gasteiger partial charge is 0.240 e. The normalized spacial score (nSPS) is 22.5. The minimum atomic E-state index is -0.251. The fourth-order valence-electron chi connectivity index (χ4n) is 4.93. The molecule has 8 heteroatoms. The van der Waals surface area contributed by atoms with Gasteiger partial charge in [0.05, 0.1) is 24.9 Å². The zero-order chi connectivity index (χ0) is 24.1. The van der Waals surface area contributed by atoms with Gasteiger partial charge in [-0.25, -0.2) is 9.37 Å². The Hall–Kier alpha value is -2.65. The highest BCUT2D eigenvalue weighted by Crippen LogP contribution is 2.38. The summed E-state index contributed by atoms with van der Waals surface area (Å²) in [5, 5.41) is 3.44. The number of nitrogens with one attached hydrogen (secondary N) is 1. The van der Waals surface area contributed by atoms with Crippen molar-refractivity contribution in [1.82, 2.24) is 9.88 Å². The number of halogens is 1. The van der Waals surface area contributed by atoms with E-state index in [-0.39, 0.29) is 30.0 Å². The van der Waals surface area contributed by atoms with Gasteiger partial charge in [0.15, 0.2) is 5.13 Å². The van der Waals surface area contributed by atoms with Crippen LogP contribution in [0.15, 0.2) is 60.8 Å². The van der Waals surface area contributed by atoms with E-state index >= 15 is 0 Å².